The van der Waals surface area contributed by atoms with E-state index in [9.17, 15) is 4.79 Å². The third kappa shape index (κ3) is 2.98. The maximum Gasteiger partial charge on any atom is 0.240 e. The maximum atomic E-state index is 12.4. The Hall–Kier alpha value is -2.79. The minimum Gasteiger partial charge on any atom is -0.481 e. The average Bonchev–Trinajstić information content (AvgIpc) is 3.02. The van der Waals surface area contributed by atoms with E-state index in [0.717, 1.165) is 5.56 Å². The second-order valence-corrected chi connectivity index (χ2v) is 5.98. The number of methoxy groups -OCH3 is 2. The molecule has 1 atom stereocenters. The third-order valence-electron chi connectivity index (χ3n) is 3.49. The van der Waals surface area contributed by atoms with Gasteiger partial charge in [-0.15, -0.1) is 11.8 Å². The number of benzene rings is 1. The van der Waals surface area contributed by atoms with E-state index >= 15 is 0 Å². The number of nitriles is 1. The van der Waals surface area contributed by atoms with Gasteiger partial charge in [0.15, 0.2) is 0 Å². The molecule has 122 valence electrons. The number of hydrogen-bond acceptors (Lipinski definition) is 7. The molecular weight excluding hydrogens is 328 g/mol. The van der Waals surface area contributed by atoms with E-state index in [1.807, 2.05) is 12.1 Å². The second kappa shape index (κ2) is 6.76. The van der Waals surface area contributed by atoms with Crippen LogP contribution in [0.2, 0.25) is 0 Å². The number of rotatable bonds is 4. The normalized spacial score (nSPS) is 16.8. The highest BCUT2D eigenvalue weighted by Gasteiger charge is 2.36. The Morgan fingerprint density at radius 1 is 1.21 bits per heavy atom. The van der Waals surface area contributed by atoms with Gasteiger partial charge in [-0.2, -0.15) is 15.2 Å². The quantitative estimate of drug-likeness (QED) is 0.841. The van der Waals surface area contributed by atoms with E-state index in [-0.39, 0.29) is 17.2 Å². The fourth-order valence-corrected chi connectivity index (χ4v) is 3.47. The highest BCUT2D eigenvalue weighted by atomic mass is 32.2. The molecule has 2 aromatic rings. The lowest BCUT2D eigenvalue weighted by atomic mass is 10.1. The van der Waals surface area contributed by atoms with Crippen LogP contribution in [0.1, 0.15) is 16.5 Å². The van der Waals surface area contributed by atoms with Crippen LogP contribution >= 0.6 is 11.8 Å². The summed E-state index contributed by atoms with van der Waals surface area (Å²) < 4.78 is 10.3. The van der Waals surface area contributed by atoms with Crippen LogP contribution in [0.15, 0.2) is 30.3 Å². The molecule has 3 rings (SSSR count). The van der Waals surface area contributed by atoms with Crippen LogP contribution in [0, 0.1) is 11.3 Å². The summed E-state index contributed by atoms with van der Waals surface area (Å²) in [5.74, 6) is 1.11. The molecule has 2 heterocycles. The van der Waals surface area contributed by atoms with E-state index in [4.69, 9.17) is 14.7 Å². The first-order valence-corrected chi connectivity index (χ1v) is 8.12. The van der Waals surface area contributed by atoms with Gasteiger partial charge in [0.1, 0.15) is 5.37 Å². The third-order valence-corrected chi connectivity index (χ3v) is 4.71. The molecular formula is C16H14N4O3S. The molecule has 1 aliphatic rings. The van der Waals surface area contributed by atoms with Crippen molar-refractivity contribution >= 4 is 23.6 Å². The summed E-state index contributed by atoms with van der Waals surface area (Å²) in [5.41, 5.74) is 1.47. The molecule has 8 heteroatoms. The summed E-state index contributed by atoms with van der Waals surface area (Å²) in [7, 11) is 2.98. The van der Waals surface area contributed by atoms with Gasteiger partial charge in [-0.25, -0.2) is 0 Å². The minimum absolute atomic E-state index is 0.0929. The molecule has 0 saturated carbocycles. The van der Waals surface area contributed by atoms with Crippen molar-refractivity contribution in [1.82, 2.24) is 9.97 Å². The number of anilines is 1. The average molecular weight is 342 g/mol. The van der Waals surface area contributed by atoms with E-state index in [2.05, 4.69) is 16.0 Å². The zero-order valence-corrected chi connectivity index (χ0v) is 13.9. The van der Waals surface area contributed by atoms with Gasteiger partial charge < -0.3 is 9.47 Å². The molecule has 1 aliphatic heterocycles. The number of thioether (sulfide) groups is 1. The number of nitrogens with zero attached hydrogens (tertiary/aromatic N) is 4. The number of ether oxygens (including phenoxy) is 2. The predicted molar refractivity (Wildman–Crippen MR) is 89.0 cm³/mol. The summed E-state index contributed by atoms with van der Waals surface area (Å²) in [6.45, 7) is 0. The number of hydrogen-bond donors (Lipinski definition) is 0. The highest BCUT2D eigenvalue weighted by molar-refractivity contribution is 8.00. The molecule has 0 radical (unpaired) electrons. The predicted octanol–water partition coefficient (Wildman–Crippen LogP) is 2.14. The molecule has 0 spiro atoms. The van der Waals surface area contributed by atoms with Crippen LogP contribution < -0.4 is 14.4 Å². The van der Waals surface area contributed by atoms with Crippen molar-refractivity contribution in [1.29, 1.82) is 5.26 Å². The molecule has 1 aromatic heterocycles. The summed E-state index contributed by atoms with van der Waals surface area (Å²) in [6, 6.07) is 10.7. The number of aromatic nitrogens is 2. The van der Waals surface area contributed by atoms with Crippen LogP contribution in [0.3, 0.4) is 0 Å². The fraction of sp³-hybridized carbons (Fsp3) is 0.250. The van der Waals surface area contributed by atoms with Crippen molar-refractivity contribution in [3.63, 3.8) is 0 Å². The molecule has 0 bridgehead atoms. The Labute approximate surface area is 143 Å². The summed E-state index contributed by atoms with van der Waals surface area (Å²) in [6.07, 6.45) is 0. The van der Waals surface area contributed by atoms with Crippen molar-refractivity contribution in [2.45, 2.75) is 5.37 Å². The summed E-state index contributed by atoms with van der Waals surface area (Å²) in [5, 5.41) is 8.65. The summed E-state index contributed by atoms with van der Waals surface area (Å²) in [4.78, 5) is 22.4. The van der Waals surface area contributed by atoms with E-state index in [1.54, 1.807) is 18.2 Å². The molecule has 7 nitrogen and oxygen atoms in total. The number of carbonyl (C=O) groups is 1. The van der Waals surface area contributed by atoms with Crippen LogP contribution in [0.5, 0.6) is 11.8 Å². The lowest BCUT2D eigenvalue weighted by Gasteiger charge is -2.22. The van der Waals surface area contributed by atoms with Crippen LogP contribution in [-0.2, 0) is 4.79 Å². The zero-order chi connectivity index (χ0) is 17.1. The van der Waals surface area contributed by atoms with E-state index in [1.165, 1.54) is 30.9 Å². The van der Waals surface area contributed by atoms with Crippen LogP contribution in [0.4, 0.5) is 5.95 Å². The Kier molecular flexibility index (Phi) is 4.53. The number of carbonyl (C=O) groups excluding carboxylic acids is 1. The van der Waals surface area contributed by atoms with Gasteiger partial charge in [0.2, 0.25) is 23.6 Å². The molecule has 24 heavy (non-hydrogen) atoms. The standard InChI is InChI=1S/C16H14N4O3S/c1-22-12-7-13(23-2)19-16(18-12)20-14(21)9-24-15(20)11-5-3-10(8-17)4-6-11/h3-7,15H,9H2,1-2H3. The molecule has 1 aromatic carbocycles. The van der Waals surface area contributed by atoms with Crippen molar-refractivity contribution < 1.29 is 14.3 Å². The van der Waals surface area contributed by atoms with Gasteiger partial charge >= 0.3 is 0 Å². The molecule has 1 fully saturated rings. The SMILES string of the molecule is COc1cc(OC)nc(N2C(=O)CSC2c2ccc(C#N)cc2)n1. The topological polar surface area (TPSA) is 88.3 Å². The van der Waals surface area contributed by atoms with Gasteiger partial charge in [0.25, 0.3) is 0 Å². The Morgan fingerprint density at radius 3 is 2.38 bits per heavy atom. The largest absolute Gasteiger partial charge is 0.481 e. The minimum atomic E-state index is -0.262. The molecule has 0 aliphatic carbocycles. The van der Waals surface area contributed by atoms with Gasteiger partial charge in [-0.05, 0) is 17.7 Å². The number of amides is 1. The molecule has 1 saturated heterocycles. The first-order valence-electron chi connectivity index (χ1n) is 7.07. The van der Waals surface area contributed by atoms with Crippen molar-refractivity contribution in [2.75, 3.05) is 24.9 Å². The fourth-order valence-electron chi connectivity index (χ4n) is 2.32. The smallest absolute Gasteiger partial charge is 0.240 e. The van der Waals surface area contributed by atoms with Gasteiger partial charge in [0, 0.05) is 0 Å². The molecule has 0 N–H and O–H groups in total. The first-order chi connectivity index (χ1) is 11.7. The Balaban J connectivity index is 2.00. The van der Waals surface area contributed by atoms with Gasteiger partial charge in [0.05, 0.1) is 37.7 Å². The maximum absolute atomic E-state index is 12.4. The van der Waals surface area contributed by atoms with Gasteiger partial charge in [-0.3, -0.25) is 9.69 Å². The van der Waals surface area contributed by atoms with Crippen molar-refractivity contribution in [3.8, 4) is 17.8 Å². The van der Waals surface area contributed by atoms with Crippen LogP contribution in [-0.4, -0.2) is 35.8 Å². The molecule has 1 amide bonds. The monoisotopic (exact) mass is 342 g/mol. The van der Waals surface area contributed by atoms with Gasteiger partial charge in [-0.1, -0.05) is 12.1 Å². The first kappa shape index (κ1) is 16.1. The lowest BCUT2D eigenvalue weighted by molar-refractivity contribution is -0.115. The summed E-state index contributed by atoms with van der Waals surface area (Å²) >= 11 is 1.48. The lowest BCUT2D eigenvalue weighted by Crippen LogP contribution is -2.29. The Bertz CT molecular complexity index is 782. The molecule has 1 unspecified atom stereocenters. The van der Waals surface area contributed by atoms with Crippen molar-refractivity contribution in [3.05, 3.63) is 41.5 Å². The van der Waals surface area contributed by atoms with E-state index < -0.39 is 0 Å². The zero-order valence-electron chi connectivity index (χ0n) is 13.1. The van der Waals surface area contributed by atoms with E-state index in [0.29, 0.717) is 23.1 Å². The van der Waals surface area contributed by atoms with Crippen LogP contribution in [0.25, 0.3) is 0 Å². The Morgan fingerprint density at radius 2 is 1.83 bits per heavy atom. The highest BCUT2D eigenvalue weighted by Crippen LogP contribution is 2.41. The van der Waals surface area contributed by atoms with Crippen molar-refractivity contribution in [2.24, 2.45) is 0 Å². The second-order valence-electron chi connectivity index (χ2n) is 4.91.